The smallest absolute Gasteiger partial charge is 0.246 e. The van der Waals surface area contributed by atoms with Crippen molar-refractivity contribution in [3.8, 4) is 0 Å². The number of nitrogens with zero attached hydrogens (tertiary/aromatic N) is 1. The van der Waals surface area contributed by atoms with Crippen molar-refractivity contribution in [3.05, 3.63) is 51.7 Å². The Labute approximate surface area is 97.1 Å². The fourth-order valence-electron chi connectivity index (χ4n) is 1.21. The molecule has 0 aliphatic carbocycles. The van der Waals surface area contributed by atoms with E-state index in [0.29, 0.717) is 6.42 Å². The molecule has 0 aliphatic heterocycles. The number of rotatable bonds is 5. The van der Waals surface area contributed by atoms with Gasteiger partial charge in [-0.1, -0.05) is 46.3 Å². The van der Waals surface area contributed by atoms with Crippen molar-refractivity contribution in [1.82, 2.24) is 0 Å². The normalized spacial score (nSPS) is 11.4. The molecule has 1 aromatic rings. The number of allylic oxidation sites excluding steroid dienone is 1. The molecule has 0 saturated carbocycles. The van der Waals surface area contributed by atoms with Crippen LogP contribution in [0.5, 0.6) is 0 Å². The first-order valence-corrected chi connectivity index (χ1v) is 5.82. The molecule has 0 bridgehead atoms. The summed E-state index contributed by atoms with van der Waals surface area (Å²) >= 11 is 3.26. The van der Waals surface area contributed by atoms with E-state index in [9.17, 15) is 10.1 Å². The molecule has 0 atom stereocenters. The minimum atomic E-state index is -0.310. The average Bonchev–Trinajstić information content (AvgIpc) is 2.25. The van der Waals surface area contributed by atoms with Gasteiger partial charge in [0.25, 0.3) is 0 Å². The van der Waals surface area contributed by atoms with Gasteiger partial charge in [0, 0.05) is 17.8 Å². The zero-order chi connectivity index (χ0) is 11.1. The van der Waals surface area contributed by atoms with Crippen molar-refractivity contribution in [1.29, 1.82) is 0 Å². The number of alkyl halides is 1. The topological polar surface area (TPSA) is 43.1 Å². The van der Waals surface area contributed by atoms with E-state index in [4.69, 9.17) is 0 Å². The molecule has 15 heavy (non-hydrogen) atoms. The van der Waals surface area contributed by atoms with Crippen molar-refractivity contribution >= 4 is 22.0 Å². The van der Waals surface area contributed by atoms with Gasteiger partial charge < -0.3 is 0 Å². The lowest BCUT2D eigenvalue weighted by atomic mass is 10.1. The van der Waals surface area contributed by atoms with Crippen LogP contribution in [-0.2, 0) is 0 Å². The number of halogens is 1. The summed E-state index contributed by atoms with van der Waals surface area (Å²) in [7, 11) is 0. The van der Waals surface area contributed by atoms with E-state index in [1.54, 1.807) is 6.08 Å². The van der Waals surface area contributed by atoms with Crippen LogP contribution in [0.25, 0.3) is 6.08 Å². The molecule has 0 aliphatic rings. The molecule has 0 unspecified atom stereocenters. The lowest BCUT2D eigenvalue weighted by Crippen LogP contribution is -1.98. The third kappa shape index (κ3) is 4.25. The molecule has 0 fully saturated rings. The van der Waals surface area contributed by atoms with Crippen molar-refractivity contribution in [2.75, 3.05) is 5.33 Å². The van der Waals surface area contributed by atoms with Crippen LogP contribution in [0, 0.1) is 10.1 Å². The molecule has 4 heteroatoms. The highest BCUT2D eigenvalue weighted by molar-refractivity contribution is 9.09. The van der Waals surface area contributed by atoms with Crippen LogP contribution in [0.3, 0.4) is 0 Å². The van der Waals surface area contributed by atoms with Gasteiger partial charge in [-0.2, -0.15) is 0 Å². The summed E-state index contributed by atoms with van der Waals surface area (Å²) in [6, 6.07) is 9.35. The maximum Gasteiger partial charge on any atom is 0.246 e. The lowest BCUT2D eigenvalue weighted by molar-refractivity contribution is -0.426. The number of benzene rings is 1. The second kappa shape index (κ2) is 6.35. The summed E-state index contributed by atoms with van der Waals surface area (Å²) < 4.78 is 0. The molecule has 0 N–H and O–H groups in total. The summed E-state index contributed by atoms with van der Waals surface area (Å²) in [5, 5.41) is 11.5. The quantitative estimate of drug-likeness (QED) is 0.467. The minimum absolute atomic E-state index is 0.264. The van der Waals surface area contributed by atoms with Crippen LogP contribution in [0.1, 0.15) is 18.4 Å². The van der Waals surface area contributed by atoms with E-state index in [1.165, 1.54) is 0 Å². The fraction of sp³-hybridized carbons (Fsp3) is 0.273. The summed E-state index contributed by atoms with van der Waals surface area (Å²) in [6.45, 7) is 0. The van der Waals surface area contributed by atoms with Crippen LogP contribution in [0.15, 0.2) is 36.0 Å². The van der Waals surface area contributed by atoms with E-state index in [2.05, 4.69) is 15.9 Å². The number of hydrogen-bond donors (Lipinski definition) is 0. The van der Waals surface area contributed by atoms with Gasteiger partial charge in [-0.25, -0.2) is 0 Å². The Morgan fingerprint density at radius 2 is 2.07 bits per heavy atom. The lowest BCUT2D eigenvalue weighted by Gasteiger charge is -1.97. The molecule has 80 valence electrons. The molecule has 0 radical (unpaired) electrons. The van der Waals surface area contributed by atoms with E-state index < -0.39 is 0 Å². The molecule has 0 amide bonds. The predicted molar refractivity (Wildman–Crippen MR) is 64.4 cm³/mol. The zero-order valence-electron chi connectivity index (χ0n) is 8.23. The Bertz CT molecular complexity index is 349. The molecule has 1 aromatic carbocycles. The third-order valence-electron chi connectivity index (χ3n) is 1.93. The largest absolute Gasteiger partial charge is 0.259 e. The highest BCUT2D eigenvalue weighted by Gasteiger charge is 2.09. The first kappa shape index (κ1) is 11.9. The maximum absolute atomic E-state index is 10.7. The Morgan fingerprint density at radius 3 is 2.60 bits per heavy atom. The number of nitro groups is 1. The summed E-state index contributed by atoms with van der Waals surface area (Å²) in [4.78, 5) is 10.4. The highest BCUT2D eigenvalue weighted by Crippen LogP contribution is 2.12. The predicted octanol–water partition coefficient (Wildman–Crippen LogP) is 3.48. The third-order valence-corrected chi connectivity index (χ3v) is 2.49. The van der Waals surface area contributed by atoms with Crippen molar-refractivity contribution in [2.24, 2.45) is 0 Å². The summed E-state index contributed by atoms with van der Waals surface area (Å²) in [5.74, 6) is 0. The second-order valence-electron chi connectivity index (χ2n) is 3.10. The summed E-state index contributed by atoms with van der Waals surface area (Å²) in [5.41, 5.74) is 1.14. The van der Waals surface area contributed by atoms with Crippen LogP contribution in [0.2, 0.25) is 0 Å². The van der Waals surface area contributed by atoms with Gasteiger partial charge in [0.05, 0.1) is 4.92 Å². The van der Waals surface area contributed by atoms with Gasteiger partial charge in [-0.15, -0.1) is 0 Å². The Morgan fingerprint density at radius 1 is 1.40 bits per heavy atom. The molecular weight excluding hydrogens is 258 g/mol. The Hall–Kier alpha value is -1.16. The first-order valence-electron chi connectivity index (χ1n) is 4.70. The minimum Gasteiger partial charge on any atom is -0.259 e. The Kier molecular flexibility index (Phi) is 5.04. The highest BCUT2D eigenvalue weighted by atomic mass is 79.9. The summed E-state index contributed by atoms with van der Waals surface area (Å²) in [6.07, 6.45) is 2.90. The van der Waals surface area contributed by atoms with Gasteiger partial charge in [0.1, 0.15) is 0 Å². The fourth-order valence-corrected chi connectivity index (χ4v) is 1.49. The molecule has 1 rings (SSSR count). The van der Waals surface area contributed by atoms with Crippen LogP contribution >= 0.6 is 15.9 Å². The molecule has 0 spiro atoms. The van der Waals surface area contributed by atoms with Crippen LogP contribution < -0.4 is 0 Å². The Balaban J connectivity index is 2.79. The van der Waals surface area contributed by atoms with E-state index in [-0.39, 0.29) is 10.6 Å². The van der Waals surface area contributed by atoms with E-state index >= 15 is 0 Å². The maximum atomic E-state index is 10.7. The first-order chi connectivity index (χ1) is 7.24. The molecule has 0 saturated heterocycles. The molecule has 3 nitrogen and oxygen atoms in total. The molecular formula is C11H12BrNO2. The van der Waals surface area contributed by atoms with Gasteiger partial charge in [-0.3, -0.25) is 10.1 Å². The van der Waals surface area contributed by atoms with Crippen molar-refractivity contribution in [2.45, 2.75) is 12.8 Å². The second-order valence-corrected chi connectivity index (χ2v) is 3.89. The standard InChI is InChI=1S/C11H12BrNO2/c12-8-4-7-11(13(14)15)9-10-5-2-1-3-6-10/h1-3,5-6,9H,4,7-8H2/b11-9+. The monoisotopic (exact) mass is 269 g/mol. The van der Waals surface area contributed by atoms with Crippen molar-refractivity contribution < 1.29 is 4.92 Å². The van der Waals surface area contributed by atoms with Gasteiger partial charge in [-0.05, 0) is 12.0 Å². The molecule has 0 heterocycles. The van der Waals surface area contributed by atoms with Crippen LogP contribution in [-0.4, -0.2) is 10.3 Å². The van der Waals surface area contributed by atoms with E-state index in [0.717, 1.165) is 17.3 Å². The van der Waals surface area contributed by atoms with Gasteiger partial charge in [0.15, 0.2) is 0 Å². The zero-order valence-corrected chi connectivity index (χ0v) is 9.81. The van der Waals surface area contributed by atoms with Gasteiger partial charge in [0.2, 0.25) is 5.70 Å². The van der Waals surface area contributed by atoms with Crippen molar-refractivity contribution in [3.63, 3.8) is 0 Å². The van der Waals surface area contributed by atoms with Gasteiger partial charge >= 0.3 is 0 Å². The van der Waals surface area contributed by atoms with Crippen LogP contribution in [0.4, 0.5) is 0 Å². The number of hydrogen-bond acceptors (Lipinski definition) is 2. The molecule has 0 aromatic heterocycles. The van der Waals surface area contributed by atoms with E-state index in [1.807, 2.05) is 30.3 Å². The SMILES string of the molecule is O=[N+]([O-])/C(=C/c1ccccc1)CCCBr. The average molecular weight is 270 g/mol.